The van der Waals surface area contributed by atoms with Crippen LogP contribution in [0.4, 0.5) is 0 Å². The van der Waals surface area contributed by atoms with Crippen LogP contribution in [-0.4, -0.2) is 30.6 Å². The van der Waals surface area contributed by atoms with Gasteiger partial charge < -0.3 is 10.1 Å². The minimum absolute atomic E-state index is 0.141. The van der Waals surface area contributed by atoms with Crippen molar-refractivity contribution in [3.05, 3.63) is 65.4 Å². The highest BCUT2D eigenvalue weighted by molar-refractivity contribution is 7.18. The summed E-state index contributed by atoms with van der Waals surface area (Å²) in [6, 6.07) is 15.2. The van der Waals surface area contributed by atoms with Gasteiger partial charge in [-0.1, -0.05) is 69.7 Å². The van der Waals surface area contributed by atoms with Gasteiger partial charge in [0.05, 0.1) is 17.9 Å². The summed E-state index contributed by atoms with van der Waals surface area (Å²) in [4.78, 5) is 18.3. The minimum Gasteiger partial charge on any atom is -0.465 e. The Labute approximate surface area is 201 Å². The van der Waals surface area contributed by atoms with Crippen LogP contribution in [0.5, 0.6) is 0 Å². The second-order valence-electron chi connectivity index (χ2n) is 9.29. The van der Waals surface area contributed by atoms with Crippen LogP contribution in [0.15, 0.2) is 48.7 Å². The van der Waals surface area contributed by atoms with Crippen molar-refractivity contribution in [2.75, 3.05) is 19.7 Å². The van der Waals surface area contributed by atoms with Crippen molar-refractivity contribution >= 4 is 17.3 Å². The van der Waals surface area contributed by atoms with Gasteiger partial charge in [0, 0.05) is 30.8 Å². The Kier molecular flexibility index (Phi) is 7.94. The number of hydrogen-bond acceptors (Lipinski definition) is 5. The molecule has 4 rings (SSSR count). The third-order valence-corrected chi connectivity index (χ3v) is 7.34. The lowest BCUT2D eigenvalue weighted by Crippen LogP contribution is -2.44. The van der Waals surface area contributed by atoms with Crippen LogP contribution in [0.3, 0.4) is 0 Å². The Morgan fingerprint density at radius 1 is 1.18 bits per heavy atom. The van der Waals surface area contributed by atoms with Gasteiger partial charge in [0.1, 0.15) is 5.01 Å². The lowest BCUT2D eigenvalue weighted by atomic mass is 9.98. The van der Waals surface area contributed by atoms with Gasteiger partial charge in [0.2, 0.25) is 0 Å². The van der Waals surface area contributed by atoms with E-state index < -0.39 is 0 Å². The summed E-state index contributed by atoms with van der Waals surface area (Å²) in [5.41, 5.74) is 6.02. The number of esters is 1. The van der Waals surface area contributed by atoms with E-state index >= 15 is 0 Å². The molecule has 1 aliphatic heterocycles. The maximum absolute atomic E-state index is 12.3. The highest BCUT2D eigenvalue weighted by atomic mass is 32.1. The van der Waals surface area contributed by atoms with E-state index in [1.165, 1.54) is 27.1 Å². The number of aromatic nitrogens is 1. The molecule has 0 bridgehead atoms. The standard InChI is InChI=1S/C28H34N2O2S/c1-4-5-6-24-13-20(14-27(31)32-18-21-15-29-16-21)7-12-25(24)28-30-17-26(33-28)23-10-8-22(9-11-23)19(2)3/h7-13,17,19,21,29H,4-6,14-16,18H2,1-3H3. The average molecular weight is 463 g/mol. The van der Waals surface area contributed by atoms with Gasteiger partial charge in [0.25, 0.3) is 0 Å². The summed E-state index contributed by atoms with van der Waals surface area (Å²) >= 11 is 1.73. The highest BCUT2D eigenvalue weighted by Crippen LogP contribution is 2.35. The SMILES string of the molecule is CCCCc1cc(CC(=O)OCC2CNC2)ccc1-c1ncc(-c2ccc(C(C)C)cc2)s1. The Bertz CT molecular complexity index is 1070. The van der Waals surface area contributed by atoms with Crippen molar-refractivity contribution in [3.8, 4) is 21.0 Å². The molecule has 2 heterocycles. The second-order valence-corrected chi connectivity index (χ2v) is 10.3. The summed E-state index contributed by atoms with van der Waals surface area (Å²) in [5, 5.41) is 4.24. The van der Waals surface area contributed by atoms with Crippen molar-refractivity contribution in [1.29, 1.82) is 0 Å². The molecule has 5 heteroatoms. The van der Waals surface area contributed by atoms with Crippen LogP contribution in [0.25, 0.3) is 21.0 Å². The molecule has 1 N–H and O–H groups in total. The van der Waals surface area contributed by atoms with Gasteiger partial charge in [-0.05, 0) is 41.0 Å². The molecule has 0 atom stereocenters. The van der Waals surface area contributed by atoms with Crippen LogP contribution in [0.2, 0.25) is 0 Å². The van der Waals surface area contributed by atoms with E-state index in [4.69, 9.17) is 9.72 Å². The minimum atomic E-state index is -0.141. The first-order chi connectivity index (χ1) is 16.0. The molecular weight excluding hydrogens is 428 g/mol. The van der Waals surface area contributed by atoms with E-state index in [9.17, 15) is 4.79 Å². The molecule has 0 radical (unpaired) electrons. The monoisotopic (exact) mass is 462 g/mol. The van der Waals surface area contributed by atoms with Crippen molar-refractivity contribution in [2.24, 2.45) is 5.92 Å². The largest absolute Gasteiger partial charge is 0.465 e. The zero-order valence-corrected chi connectivity index (χ0v) is 20.7. The predicted octanol–water partition coefficient (Wildman–Crippen LogP) is 6.25. The number of ether oxygens (including phenoxy) is 1. The van der Waals surface area contributed by atoms with Crippen molar-refractivity contribution < 1.29 is 9.53 Å². The molecule has 2 aromatic carbocycles. The quantitative estimate of drug-likeness (QED) is 0.362. The first-order valence-corrected chi connectivity index (χ1v) is 12.9. The molecule has 0 spiro atoms. The van der Waals surface area contributed by atoms with E-state index in [2.05, 4.69) is 68.6 Å². The number of thiazole rings is 1. The Morgan fingerprint density at radius 2 is 1.97 bits per heavy atom. The smallest absolute Gasteiger partial charge is 0.310 e. The number of nitrogens with zero attached hydrogens (tertiary/aromatic N) is 1. The van der Waals surface area contributed by atoms with Crippen LogP contribution < -0.4 is 5.32 Å². The predicted molar refractivity (Wildman–Crippen MR) is 137 cm³/mol. The maximum atomic E-state index is 12.3. The molecule has 33 heavy (non-hydrogen) atoms. The average Bonchev–Trinajstić information content (AvgIpc) is 3.27. The van der Waals surface area contributed by atoms with Crippen LogP contribution in [0, 0.1) is 5.92 Å². The van der Waals surface area contributed by atoms with Gasteiger partial charge in [0.15, 0.2) is 0 Å². The molecular formula is C28H34N2O2S. The maximum Gasteiger partial charge on any atom is 0.310 e. The van der Waals surface area contributed by atoms with Crippen LogP contribution >= 0.6 is 11.3 Å². The van der Waals surface area contributed by atoms with E-state index in [0.29, 0.717) is 24.9 Å². The van der Waals surface area contributed by atoms with Crippen molar-refractivity contribution in [1.82, 2.24) is 10.3 Å². The van der Waals surface area contributed by atoms with Gasteiger partial charge in [-0.15, -0.1) is 11.3 Å². The fraction of sp³-hybridized carbons (Fsp3) is 0.429. The lowest BCUT2D eigenvalue weighted by Gasteiger charge is -2.26. The van der Waals surface area contributed by atoms with Crippen LogP contribution in [0.1, 0.15) is 56.2 Å². The van der Waals surface area contributed by atoms with Gasteiger partial charge in [-0.25, -0.2) is 4.98 Å². The normalized spacial score (nSPS) is 13.8. The van der Waals surface area contributed by atoms with E-state index in [1.807, 2.05) is 6.20 Å². The van der Waals surface area contributed by atoms with Gasteiger partial charge >= 0.3 is 5.97 Å². The zero-order chi connectivity index (χ0) is 23.2. The molecule has 0 amide bonds. The Morgan fingerprint density at radius 3 is 2.64 bits per heavy atom. The number of hydrogen-bond donors (Lipinski definition) is 1. The van der Waals surface area contributed by atoms with Crippen LogP contribution in [-0.2, 0) is 22.4 Å². The third-order valence-electron chi connectivity index (χ3n) is 6.26. The van der Waals surface area contributed by atoms with E-state index in [0.717, 1.165) is 42.9 Å². The van der Waals surface area contributed by atoms with Crippen molar-refractivity contribution in [2.45, 2.75) is 52.4 Å². The first kappa shape index (κ1) is 23.7. The van der Waals surface area contributed by atoms with E-state index in [-0.39, 0.29) is 5.97 Å². The number of benzene rings is 2. The Balaban J connectivity index is 1.50. The second kappa shape index (κ2) is 11.1. The molecule has 4 nitrogen and oxygen atoms in total. The Hall–Kier alpha value is -2.50. The molecule has 3 aromatic rings. The van der Waals surface area contributed by atoms with Gasteiger partial charge in [-0.3, -0.25) is 4.79 Å². The fourth-order valence-electron chi connectivity index (χ4n) is 4.00. The third kappa shape index (κ3) is 6.10. The number of nitrogens with one attached hydrogen (secondary N) is 1. The number of carbonyl (C=O) groups excluding carboxylic acids is 1. The summed E-state index contributed by atoms with van der Waals surface area (Å²) in [6.07, 6.45) is 5.54. The van der Waals surface area contributed by atoms with Gasteiger partial charge in [-0.2, -0.15) is 0 Å². The summed E-state index contributed by atoms with van der Waals surface area (Å²) < 4.78 is 5.47. The summed E-state index contributed by atoms with van der Waals surface area (Å²) in [6.45, 7) is 9.05. The topological polar surface area (TPSA) is 51.2 Å². The number of rotatable bonds is 10. The number of unbranched alkanes of at least 4 members (excludes halogenated alkanes) is 1. The fourth-order valence-corrected chi connectivity index (χ4v) is 4.98. The lowest BCUT2D eigenvalue weighted by molar-refractivity contribution is -0.144. The molecule has 1 aliphatic rings. The first-order valence-electron chi connectivity index (χ1n) is 12.1. The molecule has 0 saturated carbocycles. The molecule has 1 aromatic heterocycles. The zero-order valence-electron chi connectivity index (χ0n) is 19.9. The van der Waals surface area contributed by atoms with Crippen molar-refractivity contribution in [3.63, 3.8) is 0 Å². The van der Waals surface area contributed by atoms with E-state index in [1.54, 1.807) is 11.3 Å². The number of carbonyl (C=O) groups is 1. The number of aryl methyl sites for hydroxylation is 1. The highest BCUT2D eigenvalue weighted by Gasteiger charge is 2.19. The molecule has 1 saturated heterocycles. The summed E-state index contributed by atoms with van der Waals surface area (Å²) in [7, 11) is 0. The summed E-state index contributed by atoms with van der Waals surface area (Å²) in [5.74, 6) is 0.859. The molecule has 0 aliphatic carbocycles. The molecule has 174 valence electrons. The molecule has 0 unspecified atom stereocenters. The molecule has 1 fully saturated rings.